The second kappa shape index (κ2) is 7.46. The molecule has 0 saturated carbocycles. The number of rotatable bonds is 1. The highest BCUT2D eigenvalue weighted by molar-refractivity contribution is 6.33. The molecule has 1 amide bonds. The summed E-state index contributed by atoms with van der Waals surface area (Å²) in [6, 6.07) is 1.70. The van der Waals surface area contributed by atoms with Crippen LogP contribution < -0.4 is 5.32 Å². The number of nitrogens with zero attached hydrogens (tertiary/aromatic N) is 2. The van der Waals surface area contributed by atoms with Gasteiger partial charge < -0.3 is 10.2 Å². The largest absolute Gasteiger partial charge is 0.338 e. The second-order valence-corrected chi connectivity index (χ2v) is 5.48. The average molecular weight is 339 g/mol. The Hall–Kier alpha value is -0.550. The molecule has 20 heavy (non-hydrogen) atoms. The van der Waals surface area contributed by atoms with E-state index >= 15 is 0 Å². The summed E-state index contributed by atoms with van der Waals surface area (Å²) < 4.78 is 0. The lowest BCUT2D eigenvalue weighted by molar-refractivity contribution is 0.0642. The average Bonchev–Trinajstić information content (AvgIpc) is 2.85. The number of pyridine rings is 1. The molecule has 4 nitrogen and oxygen atoms in total. The van der Waals surface area contributed by atoms with Gasteiger partial charge in [-0.3, -0.25) is 9.78 Å². The number of hydrogen-bond acceptors (Lipinski definition) is 3. The van der Waals surface area contributed by atoms with Gasteiger partial charge in [0, 0.05) is 25.5 Å². The van der Waals surface area contributed by atoms with Crippen LogP contribution in [0.15, 0.2) is 18.5 Å². The summed E-state index contributed by atoms with van der Waals surface area (Å²) in [5, 5.41) is 3.84. The molecule has 1 N–H and O–H groups in total. The summed E-state index contributed by atoms with van der Waals surface area (Å²) in [4.78, 5) is 18.2. The van der Waals surface area contributed by atoms with Crippen LogP contribution in [0.25, 0.3) is 0 Å². The van der Waals surface area contributed by atoms with E-state index < -0.39 is 0 Å². The van der Waals surface area contributed by atoms with Gasteiger partial charge in [-0.25, -0.2) is 0 Å². The zero-order valence-corrected chi connectivity index (χ0v) is 13.3. The molecular formula is C13H18Cl3N3O. The van der Waals surface area contributed by atoms with Crippen molar-refractivity contribution in [3.8, 4) is 0 Å². The van der Waals surface area contributed by atoms with Crippen LogP contribution in [0.2, 0.25) is 5.02 Å². The molecule has 112 valence electrons. The van der Waals surface area contributed by atoms with E-state index in [-0.39, 0.29) is 30.7 Å². The maximum Gasteiger partial charge on any atom is 0.255 e. The van der Waals surface area contributed by atoms with Crippen molar-refractivity contribution in [1.82, 2.24) is 15.2 Å². The Kier molecular flexibility index (Phi) is 6.52. The zero-order chi connectivity index (χ0) is 12.5. The van der Waals surface area contributed by atoms with Gasteiger partial charge in [0.2, 0.25) is 0 Å². The van der Waals surface area contributed by atoms with Gasteiger partial charge in [0.05, 0.1) is 10.6 Å². The van der Waals surface area contributed by atoms with Crippen LogP contribution in [-0.4, -0.2) is 42.0 Å². The minimum Gasteiger partial charge on any atom is -0.338 e. The van der Waals surface area contributed by atoms with E-state index in [1.165, 1.54) is 6.20 Å². The first-order chi connectivity index (χ1) is 8.75. The molecule has 2 unspecified atom stereocenters. The molecule has 7 heteroatoms. The van der Waals surface area contributed by atoms with Crippen molar-refractivity contribution in [3.63, 3.8) is 0 Å². The molecule has 3 heterocycles. The van der Waals surface area contributed by atoms with Crippen molar-refractivity contribution in [1.29, 1.82) is 0 Å². The number of amides is 1. The van der Waals surface area contributed by atoms with Gasteiger partial charge in [0.1, 0.15) is 0 Å². The molecule has 2 saturated heterocycles. The van der Waals surface area contributed by atoms with E-state index in [1.54, 1.807) is 12.3 Å². The highest BCUT2D eigenvalue weighted by Crippen LogP contribution is 2.28. The third kappa shape index (κ3) is 3.37. The third-order valence-corrected chi connectivity index (χ3v) is 4.30. The topological polar surface area (TPSA) is 45.2 Å². The predicted molar refractivity (Wildman–Crippen MR) is 84.1 cm³/mol. The molecule has 0 radical (unpaired) electrons. The van der Waals surface area contributed by atoms with Crippen LogP contribution in [0.1, 0.15) is 16.8 Å². The van der Waals surface area contributed by atoms with Crippen molar-refractivity contribution in [2.45, 2.75) is 6.42 Å². The number of hydrogen-bond donors (Lipinski definition) is 1. The molecule has 2 aliphatic heterocycles. The number of nitrogens with one attached hydrogen (secondary N) is 1. The number of fused-ring (bicyclic) bond motifs is 1. The first-order valence-corrected chi connectivity index (χ1v) is 6.73. The maximum absolute atomic E-state index is 12.4. The van der Waals surface area contributed by atoms with Gasteiger partial charge in [0.15, 0.2) is 0 Å². The number of carbonyl (C=O) groups is 1. The number of carbonyl (C=O) groups excluding carboxylic acids is 1. The monoisotopic (exact) mass is 337 g/mol. The Balaban J connectivity index is 0.000001000. The van der Waals surface area contributed by atoms with Gasteiger partial charge in [-0.2, -0.15) is 0 Å². The molecule has 2 atom stereocenters. The SMILES string of the molecule is Cl.Cl.O=C(c1ccncc1Cl)N1CCC2CNCC2C1. The summed E-state index contributed by atoms with van der Waals surface area (Å²) in [5.74, 6) is 1.37. The van der Waals surface area contributed by atoms with Gasteiger partial charge in [-0.15, -0.1) is 24.8 Å². The van der Waals surface area contributed by atoms with Crippen molar-refractivity contribution >= 4 is 42.3 Å². The van der Waals surface area contributed by atoms with Crippen LogP contribution in [0.4, 0.5) is 0 Å². The fourth-order valence-corrected chi connectivity index (χ4v) is 3.14. The van der Waals surface area contributed by atoms with E-state index in [0.717, 1.165) is 38.5 Å². The second-order valence-electron chi connectivity index (χ2n) is 5.07. The third-order valence-electron chi connectivity index (χ3n) is 3.99. The molecule has 3 rings (SSSR count). The van der Waals surface area contributed by atoms with E-state index in [0.29, 0.717) is 16.5 Å². The molecular weight excluding hydrogens is 321 g/mol. The van der Waals surface area contributed by atoms with Crippen LogP contribution in [0.5, 0.6) is 0 Å². The number of piperidine rings is 1. The Morgan fingerprint density at radius 1 is 1.35 bits per heavy atom. The van der Waals surface area contributed by atoms with Crippen LogP contribution in [0, 0.1) is 11.8 Å². The molecule has 0 aliphatic carbocycles. The zero-order valence-electron chi connectivity index (χ0n) is 10.9. The molecule has 0 aromatic carbocycles. The molecule has 0 spiro atoms. The summed E-state index contributed by atoms with van der Waals surface area (Å²) in [6.07, 6.45) is 4.23. The molecule has 1 aromatic heterocycles. The van der Waals surface area contributed by atoms with Gasteiger partial charge in [-0.05, 0) is 37.4 Å². The van der Waals surface area contributed by atoms with Crippen molar-refractivity contribution < 1.29 is 4.79 Å². The Labute approximate surface area is 136 Å². The highest BCUT2D eigenvalue weighted by Gasteiger charge is 2.34. The Morgan fingerprint density at radius 2 is 2.10 bits per heavy atom. The molecule has 2 fully saturated rings. The van der Waals surface area contributed by atoms with Crippen molar-refractivity contribution in [2.75, 3.05) is 26.2 Å². The molecule has 0 bridgehead atoms. The van der Waals surface area contributed by atoms with Crippen LogP contribution in [-0.2, 0) is 0 Å². The lowest BCUT2D eigenvalue weighted by atomic mass is 9.88. The first-order valence-electron chi connectivity index (χ1n) is 6.35. The summed E-state index contributed by atoms with van der Waals surface area (Å²) in [6.45, 7) is 3.80. The first kappa shape index (κ1) is 17.5. The number of halogens is 3. The standard InChI is InChI=1S/C13H16ClN3O.2ClH/c14-12-7-15-3-1-11(12)13(18)17-4-2-9-5-16-6-10(9)8-17;;/h1,3,7,9-10,16H,2,4-6,8H2;2*1H. The molecule has 1 aromatic rings. The summed E-state index contributed by atoms with van der Waals surface area (Å²) >= 11 is 6.03. The van der Waals surface area contributed by atoms with Crippen LogP contribution >= 0.6 is 36.4 Å². The maximum atomic E-state index is 12.4. The van der Waals surface area contributed by atoms with Gasteiger partial charge in [-0.1, -0.05) is 11.6 Å². The number of likely N-dealkylation sites (tertiary alicyclic amines) is 1. The van der Waals surface area contributed by atoms with Crippen molar-refractivity contribution in [3.05, 3.63) is 29.0 Å². The van der Waals surface area contributed by atoms with E-state index in [1.807, 2.05) is 4.90 Å². The molecule has 2 aliphatic rings. The normalized spacial score (nSPS) is 24.4. The lowest BCUT2D eigenvalue weighted by Gasteiger charge is -2.34. The Morgan fingerprint density at radius 3 is 2.85 bits per heavy atom. The fraction of sp³-hybridized carbons (Fsp3) is 0.538. The fourth-order valence-electron chi connectivity index (χ4n) is 2.94. The van der Waals surface area contributed by atoms with Gasteiger partial charge >= 0.3 is 0 Å². The lowest BCUT2D eigenvalue weighted by Crippen LogP contribution is -2.43. The highest BCUT2D eigenvalue weighted by atomic mass is 35.5. The Bertz CT molecular complexity index is 472. The minimum atomic E-state index is 0. The van der Waals surface area contributed by atoms with Gasteiger partial charge in [0.25, 0.3) is 5.91 Å². The summed E-state index contributed by atoms with van der Waals surface area (Å²) in [7, 11) is 0. The van der Waals surface area contributed by atoms with E-state index in [4.69, 9.17) is 11.6 Å². The smallest absolute Gasteiger partial charge is 0.255 e. The van der Waals surface area contributed by atoms with E-state index in [9.17, 15) is 4.79 Å². The predicted octanol–water partition coefficient (Wildman–Crippen LogP) is 2.26. The van der Waals surface area contributed by atoms with E-state index in [2.05, 4.69) is 10.3 Å². The number of aromatic nitrogens is 1. The van der Waals surface area contributed by atoms with Crippen molar-refractivity contribution in [2.24, 2.45) is 11.8 Å². The minimum absolute atomic E-state index is 0. The summed E-state index contributed by atoms with van der Waals surface area (Å²) in [5.41, 5.74) is 0.566. The van der Waals surface area contributed by atoms with Crippen LogP contribution in [0.3, 0.4) is 0 Å². The quantitative estimate of drug-likeness (QED) is 0.854.